The smallest absolute Gasteiger partial charge is 0.417 e. The minimum atomic E-state index is -4.62. The molecule has 0 saturated heterocycles. The van der Waals surface area contributed by atoms with E-state index >= 15 is 0 Å². The second-order valence-electron chi connectivity index (χ2n) is 7.55. The van der Waals surface area contributed by atoms with Crippen molar-refractivity contribution >= 4 is 51.5 Å². The summed E-state index contributed by atoms with van der Waals surface area (Å²) in [6, 6.07) is 8.75. The van der Waals surface area contributed by atoms with Gasteiger partial charge in [-0.2, -0.15) is 13.2 Å². The Balaban J connectivity index is 1.53. The van der Waals surface area contributed by atoms with Crippen LogP contribution in [0.3, 0.4) is 0 Å². The van der Waals surface area contributed by atoms with Gasteiger partial charge in [0.25, 0.3) is 5.91 Å². The van der Waals surface area contributed by atoms with Crippen molar-refractivity contribution in [3.8, 4) is 0 Å². The molecular formula is C23H16F3N5O3S. The molecule has 4 rings (SSSR count). The van der Waals surface area contributed by atoms with Gasteiger partial charge in [-0.25, -0.2) is 9.78 Å². The number of halogens is 3. The van der Waals surface area contributed by atoms with Crippen molar-refractivity contribution in [1.82, 2.24) is 15.0 Å². The first kappa shape index (κ1) is 23.8. The van der Waals surface area contributed by atoms with Crippen LogP contribution in [0.15, 0.2) is 55.0 Å². The summed E-state index contributed by atoms with van der Waals surface area (Å²) in [5.74, 6) is -1.86. The van der Waals surface area contributed by atoms with Crippen LogP contribution < -0.4 is 10.6 Å². The number of fused-ring (bicyclic) bond motifs is 1. The van der Waals surface area contributed by atoms with Gasteiger partial charge in [0.15, 0.2) is 0 Å². The number of benzene rings is 1. The zero-order valence-corrected chi connectivity index (χ0v) is 18.7. The zero-order chi connectivity index (χ0) is 25.3. The van der Waals surface area contributed by atoms with Gasteiger partial charge in [-0.05, 0) is 42.8 Å². The molecule has 4 N–H and O–H groups in total. The Kier molecular flexibility index (Phi) is 6.22. The number of H-pyrrole nitrogens is 1. The predicted molar refractivity (Wildman–Crippen MR) is 127 cm³/mol. The van der Waals surface area contributed by atoms with Crippen molar-refractivity contribution in [3.63, 3.8) is 0 Å². The number of anilines is 2. The summed E-state index contributed by atoms with van der Waals surface area (Å²) in [6.45, 7) is 1.80. The van der Waals surface area contributed by atoms with E-state index in [1.807, 2.05) is 0 Å². The summed E-state index contributed by atoms with van der Waals surface area (Å²) < 4.78 is 38.8. The average Bonchev–Trinajstić information content (AvgIpc) is 3.23. The number of aromatic carboxylic acids is 1. The molecule has 3 aromatic heterocycles. The molecule has 0 aliphatic carbocycles. The Morgan fingerprint density at radius 1 is 1.03 bits per heavy atom. The van der Waals surface area contributed by atoms with Crippen LogP contribution in [-0.4, -0.2) is 36.9 Å². The van der Waals surface area contributed by atoms with Gasteiger partial charge in [-0.3, -0.25) is 9.78 Å². The van der Waals surface area contributed by atoms with Crippen LogP contribution in [0.1, 0.15) is 37.5 Å². The maximum atomic E-state index is 12.9. The van der Waals surface area contributed by atoms with Crippen molar-refractivity contribution < 1.29 is 27.9 Å². The number of thiocarbonyl (C=S) groups is 1. The quantitative estimate of drug-likeness (QED) is 0.285. The molecule has 3 heterocycles. The maximum absolute atomic E-state index is 12.9. The standard InChI is InChI=1S/C23H16F3N5O3S/c1-11-2-3-15(29-20(32)13-4-14(9-27-8-13)23(24,25)26)7-17(11)21(35)30-16-5-12-6-18(22(33)34)31-19(12)28-10-16/h2-10H,1H3,(H,28,31)(H,29,32)(H,30,35)(H,33,34). The monoisotopic (exact) mass is 499 g/mol. The minimum Gasteiger partial charge on any atom is -0.477 e. The number of amides is 1. The third-order valence-electron chi connectivity index (χ3n) is 5.03. The average molecular weight is 499 g/mol. The van der Waals surface area contributed by atoms with Crippen molar-refractivity contribution in [2.45, 2.75) is 13.1 Å². The molecule has 0 bridgehead atoms. The van der Waals surface area contributed by atoms with E-state index in [1.54, 1.807) is 31.2 Å². The number of carbonyl (C=O) groups excluding carboxylic acids is 1. The van der Waals surface area contributed by atoms with Gasteiger partial charge in [0.2, 0.25) is 0 Å². The lowest BCUT2D eigenvalue weighted by molar-refractivity contribution is -0.137. The number of nitrogens with one attached hydrogen (secondary N) is 3. The van der Waals surface area contributed by atoms with Gasteiger partial charge in [-0.15, -0.1) is 0 Å². The van der Waals surface area contributed by atoms with Gasteiger partial charge in [-0.1, -0.05) is 18.3 Å². The highest BCUT2D eigenvalue weighted by molar-refractivity contribution is 7.81. The van der Waals surface area contributed by atoms with E-state index in [0.29, 0.717) is 39.2 Å². The number of carboxylic acids is 1. The fourth-order valence-electron chi connectivity index (χ4n) is 3.26. The van der Waals surface area contributed by atoms with Crippen molar-refractivity contribution in [1.29, 1.82) is 0 Å². The Morgan fingerprint density at radius 2 is 1.80 bits per heavy atom. The van der Waals surface area contributed by atoms with E-state index in [0.717, 1.165) is 17.8 Å². The first-order valence-corrected chi connectivity index (χ1v) is 10.4. The zero-order valence-electron chi connectivity index (χ0n) is 17.9. The number of rotatable bonds is 5. The topological polar surface area (TPSA) is 120 Å². The van der Waals surface area contributed by atoms with Crippen molar-refractivity contribution in [2.75, 3.05) is 10.6 Å². The number of carbonyl (C=O) groups is 2. The van der Waals surface area contributed by atoms with Gasteiger partial charge < -0.3 is 20.7 Å². The number of carboxylic acid groups (broad SMARTS) is 1. The van der Waals surface area contributed by atoms with Crippen LogP contribution >= 0.6 is 12.2 Å². The van der Waals surface area contributed by atoms with Gasteiger partial charge in [0.1, 0.15) is 16.3 Å². The fraction of sp³-hybridized carbons (Fsp3) is 0.0870. The molecule has 12 heteroatoms. The molecule has 0 spiro atoms. The van der Waals surface area contributed by atoms with Crippen molar-refractivity contribution in [3.05, 3.63) is 82.9 Å². The number of aromatic amines is 1. The number of pyridine rings is 2. The van der Waals surface area contributed by atoms with E-state index in [4.69, 9.17) is 17.3 Å². The first-order valence-electron chi connectivity index (χ1n) is 9.99. The number of hydrogen-bond donors (Lipinski definition) is 4. The lowest BCUT2D eigenvalue weighted by atomic mass is 10.1. The lowest BCUT2D eigenvalue weighted by Crippen LogP contribution is -2.16. The number of alkyl halides is 3. The predicted octanol–water partition coefficient (Wildman–Crippen LogP) is 5.02. The molecule has 0 aliphatic heterocycles. The first-order chi connectivity index (χ1) is 16.5. The van der Waals surface area contributed by atoms with Crippen LogP contribution in [0.5, 0.6) is 0 Å². The molecule has 0 aliphatic rings. The molecule has 0 unspecified atom stereocenters. The molecule has 0 fully saturated rings. The number of aromatic nitrogens is 3. The maximum Gasteiger partial charge on any atom is 0.417 e. The third-order valence-corrected chi connectivity index (χ3v) is 5.35. The molecule has 1 amide bonds. The Morgan fingerprint density at radius 3 is 2.51 bits per heavy atom. The van der Waals surface area contributed by atoms with E-state index in [9.17, 15) is 22.8 Å². The van der Waals surface area contributed by atoms with E-state index in [-0.39, 0.29) is 11.3 Å². The normalized spacial score (nSPS) is 11.3. The Labute approximate surface area is 201 Å². The molecular weight excluding hydrogens is 483 g/mol. The molecule has 1 aromatic carbocycles. The second kappa shape index (κ2) is 9.14. The SMILES string of the molecule is Cc1ccc(NC(=O)c2cncc(C(F)(F)F)c2)cc1C(=S)Nc1cnc2[nH]c(C(=O)O)cc2c1. The number of hydrogen-bond acceptors (Lipinski definition) is 5. The summed E-state index contributed by atoms with van der Waals surface area (Å²) in [6.07, 6.45) is -1.44. The molecule has 35 heavy (non-hydrogen) atoms. The summed E-state index contributed by atoms with van der Waals surface area (Å²) >= 11 is 5.50. The van der Waals surface area contributed by atoms with Crippen molar-refractivity contribution in [2.24, 2.45) is 0 Å². The number of nitrogens with zero attached hydrogens (tertiary/aromatic N) is 2. The fourth-order valence-corrected chi connectivity index (χ4v) is 3.60. The highest BCUT2D eigenvalue weighted by atomic mass is 32.1. The van der Waals surface area contributed by atoms with Crippen LogP contribution in [0.25, 0.3) is 11.0 Å². The van der Waals surface area contributed by atoms with Gasteiger partial charge in [0.05, 0.1) is 23.0 Å². The molecule has 0 radical (unpaired) electrons. The highest BCUT2D eigenvalue weighted by Crippen LogP contribution is 2.29. The Bertz CT molecular complexity index is 1480. The van der Waals surface area contributed by atoms with Crippen LogP contribution in [-0.2, 0) is 6.18 Å². The molecule has 0 saturated carbocycles. The summed E-state index contributed by atoms with van der Waals surface area (Å²) in [5, 5.41) is 15.3. The second-order valence-corrected chi connectivity index (χ2v) is 7.96. The van der Waals surface area contributed by atoms with Gasteiger partial charge in [0, 0.05) is 29.0 Å². The van der Waals surface area contributed by atoms with E-state index < -0.39 is 23.6 Å². The molecule has 0 atom stereocenters. The largest absolute Gasteiger partial charge is 0.477 e. The van der Waals surface area contributed by atoms with Crippen LogP contribution in [0.4, 0.5) is 24.5 Å². The molecule has 4 aromatic rings. The van der Waals surface area contributed by atoms with Crippen LogP contribution in [0, 0.1) is 6.92 Å². The summed E-state index contributed by atoms with van der Waals surface area (Å²) in [7, 11) is 0. The summed E-state index contributed by atoms with van der Waals surface area (Å²) in [4.78, 5) is 34.3. The van der Waals surface area contributed by atoms with Crippen LogP contribution in [0.2, 0.25) is 0 Å². The van der Waals surface area contributed by atoms with Gasteiger partial charge >= 0.3 is 12.1 Å². The van der Waals surface area contributed by atoms with E-state index in [1.165, 1.54) is 12.3 Å². The minimum absolute atomic E-state index is 0.00230. The Hall–Kier alpha value is -4.32. The van der Waals surface area contributed by atoms with E-state index in [2.05, 4.69) is 25.6 Å². The highest BCUT2D eigenvalue weighted by Gasteiger charge is 2.31. The molecule has 8 nitrogen and oxygen atoms in total. The lowest BCUT2D eigenvalue weighted by Gasteiger charge is -2.13. The molecule has 178 valence electrons. The third kappa shape index (κ3) is 5.27. The number of aryl methyl sites for hydroxylation is 1. The summed E-state index contributed by atoms with van der Waals surface area (Å²) in [5.41, 5.74) is 1.33.